The lowest BCUT2D eigenvalue weighted by molar-refractivity contribution is -0.888. The first-order valence-electron chi connectivity index (χ1n) is 10.2. The molecule has 0 aromatic heterocycles. The molecule has 1 N–H and O–H groups in total. The van der Waals surface area contributed by atoms with Gasteiger partial charge in [-0.1, -0.05) is 6.07 Å². The van der Waals surface area contributed by atoms with E-state index in [0.717, 1.165) is 24.9 Å². The predicted octanol–water partition coefficient (Wildman–Crippen LogP) is 3.92. The van der Waals surface area contributed by atoms with E-state index in [-0.39, 0.29) is 18.5 Å². The Hall–Kier alpha value is -1.89. The first-order valence-corrected chi connectivity index (χ1v) is 10.2. The van der Waals surface area contributed by atoms with Gasteiger partial charge in [0.05, 0.1) is 26.4 Å². The van der Waals surface area contributed by atoms with Crippen LogP contribution in [0.3, 0.4) is 0 Å². The standard InChI is InChI=1S/C23H33F2N2O2/c1-5-27(4,18(3)22-11-20(16-29)6-7-23(22)25)14-19(10-17(2)15-28)8-9-26-12-21(24)13-26/h6-7,10-11,14-15,18,21,29H,5,8-9,12-13,16H2,1-4H3/q+1/b17-10-,19-14-. The molecule has 0 saturated carbocycles. The molecule has 0 amide bonds. The molecule has 1 aliphatic rings. The monoisotopic (exact) mass is 407 g/mol. The Balaban J connectivity index is 2.33. The highest BCUT2D eigenvalue weighted by molar-refractivity contribution is 5.73. The molecule has 1 heterocycles. The number of halogens is 2. The van der Waals surface area contributed by atoms with Crippen molar-refractivity contribution in [2.75, 3.05) is 33.2 Å². The molecule has 1 saturated heterocycles. The Kier molecular flexibility index (Phi) is 8.25. The molecule has 1 aromatic rings. The van der Waals surface area contributed by atoms with Crippen LogP contribution >= 0.6 is 0 Å². The number of likely N-dealkylation sites (tertiary alicyclic amines) is 1. The molecule has 29 heavy (non-hydrogen) atoms. The highest BCUT2D eigenvalue weighted by Gasteiger charge is 2.31. The van der Waals surface area contributed by atoms with E-state index < -0.39 is 6.17 Å². The third kappa shape index (κ3) is 6.04. The number of carbonyl (C=O) groups is 1. The number of benzene rings is 1. The molecule has 0 radical (unpaired) electrons. The van der Waals surface area contributed by atoms with E-state index in [1.54, 1.807) is 19.1 Å². The number of nitrogens with zero attached hydrogens (tertiary/aromatic N) is 2. The fraction of sp³-hybridized carbons (Fsp3) is 0.522. The van der Waals surface area contributed by atoms with E-state index in [9.17, 15) is 18.7 Å². The number of quaternary nitrogens is 1. The predicted molar refractivity (Wildman–Crippen MR) is 111 cm³/mol. The Morgan fingerprint density at radius 3 is 2.66 bits per heavy atom. The summed E-state index contributed by atoms with van der Waals surface area (Å²) in [6, 6.07) is 4.51. The lowest BCUT2D eigenvalue weighted by atomic mass is 10.0. The first-order chi connectivity index (χ1) is 13.7. The summed E-state index contributed by atoms with van der Waals surface area (Å²) in [6.07, 6.45) is 4.71. The molecule has 0 bridgehead atoms. The van der Waals surface area contributed by atoms with Gasteiger partial charge in [-0.3, -0.25) is 14.2 Å². The summed E-state index contributed by atoms with van der Waals surface area (Å²) in [5, 5.41) is 9.42. The van der Waals surface area contributed by atoms with Gasteiger partial charge in [0, 0.05) is 30.8 Å². The summed E-state index contributed by atoms with van der Waals surface area (Å²) in [6.45, 7) is 7.99. The number of allylic oxidation sites excluding steroid dienone is 2. The van der Waals surface area contributed by atoms with Crippen LogP contribution in [0.4, 0.5) is 8.78 Å². The van der Waals surface area contributed by atoms with Crippen molar-refractivity contribution in [3.8, 4) is 0 Å². The van der Waals surface area contributed by atoms with Gasteiger partial charge in [-0.05, 0) is 56.5 Å². The van der Waals surface area contributed by atoms with Crippen molar-refractivity contribution in [2.24, 2.45) is 0 Å². The van der Waals surface area contributed by atoms with Crippen molar-refractivity contribution in [2.45, 2.75) is 46.0 Å². The summed E-state index contributed by atoms with van der Waals surface area (Å²) in [7, 11) is 2.03. The minimum absolute atomic E-state index is 0.135. The van der Waals surface area contributed by atoms with Gasteiger partial charge >= 0.3 is 0 Å². The second-order valence-corrected chi connectivity index (χ2v) is 8.17. The molecule has 1 fully saturated rings. The van der Waals surface area contributed by atoms with Gasteiger partial charge in [0.25, 0.3) is 0 Å². The Morgan fingerprint density at radius 2 is 2.10 bits per heavy atom. The Bertz CT molecular complexity index is 772. The number of carbonyl (C=O) groups excluding carboxylic acids is 1. The summed E-state index contributed by atoms with van der Waals surface area (Å²) in [4.78, 5) is 13.2. The number of aliphatic hydroxyl groups is 1. The van der Waals surface area contributed by atoms with Gasteiger partial charge in [0.2, 0.25) is 0 Å². The van der Waals surface area contributed by atoms with E-state index in [0.29, 0.717) is 40.7 Å². The maximum absolute atomic E-state index is 14.6. The number of hydrogen-bond acceptors (Lipinski definition) is 3. The normalized spacial score (nSPS) is 19.6. The van der Waals surface area contributed by atoms with Crippen molar-refractivity contribution in [1.82, 2.24) is 4.90 Å². The molecule has 2 unspecified atom stereocenters. The third-order valence-corrected chi connectivity index (χ3v) is 5.95. The molecule has 2 rings (SSSR count). The first kappa shape index (κ1) is 23.4. The maximum atomic E-state index is 14.6. The third-order valence-electron chi connectivity index (χ3n) is 5.95. The minimum atomic E-state index is -0.742. The largest absolute Gasteiger partial charge is 0.392 e. The number of alkyl halides is 1. The van der Waals surface area contributed by atoms with Crippen LogP contribution in [0.15, 0.2) is 41.6 Å². The van der Waals surface area contributed by atoms with Gasteiger partial charge < -0.3 is 5.11 Å². The molecular formula is C23H33F2N2O2+. The fourth-order valence-corrected chi connectivity index (χ4v) is 3.66. The second kappa shape index (κ2) is 10.2. The van der Waals surface area contributed by atoms with Crippen molar-refractivity contribution in [3.05, 3.63) is 58.6 Å². The fourth-order valence-electron chi connectivity index (χ4n) is 3.66. The average Bonchev–Trinajstić information content (AvgIpc) is 2.69. The summed E-state index contributed by atoms with van der Waals surface area (Å²) in [5.74, 6) is -0.295. The van der Waals surface area contributed by atoms with Crippen LogP contribution in [-0.2, 0) is 11.4 Å². The van der Waals surface area contributed by atoms with Gasteiger partial charge in [-0.2, -0.15) is 0 Å². The lowest BCUT2D eigenvalue weighted by Gasteiger charge is -2.37. The van der Waals surface area contributed by atoms with Gasteiger partial charge in [0.1, 0.15) is 24.3 Å². The summed E-state index contributed by atoms with van der Waals surface area (Å²) in [5.41, 5.74) is 2.82. The molecular weight excluding hydrogens is 374 g/mol. The van der Waals surface area contributed by atoms with Crippen LogP contribution in [-0.4, -0.2) is 60.2 Å². The second-order valence-electron chi connectivity index (χ2n) is 8.17. The molecule has 2 atom stereocenters. The van der Waals surface area contributed by atoms with Crippen LogP contribution < -0.4 is 0 Å². The van der Waals surface area contributed by atoms with Gasteiger partial charge in [-0.25, -0.2) is 8.78 Å². The van der Waals surface area contributed by atoms with Crippen LogP contribution in [0.1, 0.15) is 44.4 Å². The Morgan fingerprint density at radius 1 is 1.41 bits per heavy atom. The minimum Gasteiger partial charge on any atom is -0.392 e. The number of aldehydes is 1. The topological polar surface area (TPSA) is 40.5 Å². The van der Waals surface area contributed by atoms with E-state index >= 15 is 0 Å². The van der Waals surface area contributed by atoms with Crippen molar-refractivity contribution in [1.29, 1.82) is 0 Å². The zero-order valence-corrected chi connectivity index (χ0v) is 17.9. The molecule has 1 aliphatic heterocycles. The smallest absolute Gasteiger partial charge is 0.145 e. The molecule has 160 valence electrons. The van der Waals surface area contributed by atoms with Gasteiger partial charge in [-0.15, -0.1) is 0 Å². The SMILES string of the molecule is CC[N+](C)(/C=C(\C=C(\C)C=O)CCN1CC(F)C1)C(C)c1cc(CO)ccc1F. The van der Waals surface area contributed by atoms with Crippen molar-refractivity contribution < 1.29 is 23.2 Å². The van der Waals surface area contributed by atoms with Crippen molar-refractivity contribution >= 4 is 6.29 Å². The van der Waals surface area contributed by atoms with E-state index in [1.165, 1.54) is 6.07 Å². The highest BCUT2D eigenvalue weighted by Crippen LogP contribution is 2.31. The lowest BCUT2D eigenvalue weighted by Crippen LogP contribution is -2.48. The number of hydrogen-bond donors (Lipinski definition) is 1. The van der Waals surface area contributed by atoms with Gasteiger partial charge in [0.15, 0.2) is 0 Å². The molecule has 4 nitrogen and oxygen atoms in total. The number of aliphatic hydroxyl groups excluding tert-OH is 1. The molecule has 6 heteroatoms. The van der Waals surface area contributed by atoms with E-state index in [4.69, 9.17) is 0 Å². The molecule has 1 aromatic carbocycles. The van der Waals surface area contributed by atoms with E-state index in [1.807, 2.05) is 31.9 Å². The van der Waals surface area contributed by atoms with Crippen molar-refractivity contribution in [3.63, 3.8) is 0 Å². The Labute approximate surface area is 172 Å². The number of rotatable bonds is 10. The maximum Gasteiger partial charge on any atom is 0.145 e. The zero-order valence-electron chi connectivity index (χ0n) is 17.9. The van der Waals surface area contributed by atoms with Crippen LogP contribution in [0.25, 0.3) is 0 Å². The van der Waals surface area contributed by atoms with E-state index in [2.05, 4.69) is 6.20 Å². The van der Waals surface area contributed by atoms with Crippen LogP contribution in [0.5, 0.6) is 0 Å². The molecule has 0 aliphatic carbocycles. The van der Waals surface area contributed by atoms with Crippen LogP contribution in [0, 0.1) is 5.82 Å². The average molecular weight is 408 g/mol. The molecule has 0 spiro atoms. The summed E-state index contributed by atoms with van der Waals surface area (Å²) >= 11 is 0. The highest BCUT2D eigenvalue weighted by atomic mass is 19.1. The summed E-state index contributed by atoms with van der Waals surface area (Å²) < 4.78 is 28.1. The quantitative estimate of drug-likeness (QED) is 0.277. The zero-order chi connectivity index (χ0) is 21.6. The van der Waals surface area contributed by atoms with Crippen LogP contribution in [0.2, 0.25) is 0 Å².